The number of nitrogens with zero attached hydrogens (tertiary/aromatic N) is 3. The molecule has 15 heteroatoms. The molecule has 0 radical (unpaired) electrons. The number of morpholine rings is 1. The summed E-state index contributed by atoms with van der Waals surface area (Å²) in [5, 5.41) is 14.2. The van der Waals surface area contributed by atoms with Crippen LogP contribution in [0.25, 0.3) is 0 Å². The van der Waals surface area contributed by atoms with Gasteiger partial charge in [0.1, 0.15) is 6.61 Å². The number of piperidine rings is 1. The van der Waals surface area contributed by atoms with Crippen LogP contribution in [0.15, 0.2) is 24.5 Å². The SMILES string of the molecule is CC1N(CC2CC2)C(=O)COC12CCN(Cc1ccncc1)CC2.O=C(O)C(F)(F)F.O=C(O)C(F)(F)F. The number of amides is 1. The van der Waals surface area contributed by atoms with Gasteiger partial charge in [-0.1, -0.05) is 0 Å². The quantitative estimate of drug-likeness (QED) is 0.541. The molecule has 1 amide bonds. The first-order valence-corrected chi connectivity index (χ1v) is 11.7. The number of hydrogen-bond acceptors (Lipinski definition) is 6. The van der Waals surface area contributed by atoms with Crippen LogP contribution in [0.1, 0.15) is 38.2 Å². The summed E-state index contributed by atoms with van der Waals surface area (Å²) in [7, 11) is 0. The van der Waals surface area contributed by atoms with Gasteiger partial charge in [-0.15, -0.1) is 0 Å². The number of halogens is 6. The third-order valence-corrected chi connectivity index (χ3v) is 6.53. The zero-order valence-electron chi connectivity index (χ0n) is 20.5. The van der Waals surface area contributed by atoms with Crippen LogP contribution in [-0.4, -0.2) is 93.1 Å². The van der Waals surface area contributed by atoms with Gasteiger partial charge in [-0.2, -0.15) is 26.3 Å². The van der Waals surface area contributed by atoms with E-state index in [1.165, 1.54) is 18.4 Å². The van der Waals surface area contributed by atoms with E-state index in [1.807, 2.05) is 12.4 Å². The maximum Gasteiger partial charge on any atom is 0.490 e. The van der Waals surface area contributed by atoms with Crippen molar-refractivity contribution in [1.29, 1.82) is 0 Å². The number of hydrogen-bond donors (Lipinski definition) is 2. The lowest BCUT2D eigenvalue weighted by atomic mass is 9.82. The molecule has 1 atom stereocenters. The molecule has 2 aliphatic heterocycles. The van der Waals surface area contributed by atoms with E-state index < -0.39 is 24.3 Å². The highest BCUT2D eigenvalue weighted by atomic mass is 19.4. The summed E-state index contributed by atoms with van der Waals surface area (Å²) in [6.07, 6.45) is -1.88. The van der Waals surface area contributed by atoms with Crippen LogP contribution >= 0.6 is 0 Å². The minimum absolute atomic E-state index is 0.141. The van der Waals surface area contributed by atoms with Gasteiger partial charge in [0.05, 0.1) is 11.6 Å². The molecule has 1 unspecified atom stereocenters. The lowest BCUT2D eigenvalue weighted by molar-refractivity contribution is -0.193. The first-order valence-electron chi connectivity index (χ1n) is 11.7. The molecule has 3 heterocycles. The van der Waals surface area contributed by atoms with E-state index in [2.05, 4.69) is 33.8 Å². The number of ether oxygens (including phenoxy) is 1. The zero-order valence-corrected chi connectivity index (χ0v) is 20.5. The molecule has 1 spiro atoms. The highest BCUT2D eigenvalue weighted by Crippen LogP contribution is 2.38. The van der Waals surface area contributed by atoms with Crippen molar-refractivity contribution in [3.63, 3.8) is 0 Å². The van der Waals surface area contributed by atoms with Crippen LogP contribution in [0.4, 0.5) is 26.3 Å². The molecular weight excluding hydrogens is 528 g/mol. The van der Waals surface area contributed by atoms with E-state index in [0.29, 0.717) is 0 Å². The molecule has 4 rings (SSSR count). The molecule has 0 bridgehead atoms. The molecule has 214 valence electrons. The van der Waals surface area contributed by atoms with Crippen molar-refractivity contribution in [2.24, 2.45) is 5.92 Å². The first-order chi connectivity index (χ1) is 17.5. The molecule has 2 N–H and O–H groups in total. The van der Waals surface area contributed by atoms with Crippen LogP contribution in [0.3, 0.4) is 0 Å². The number of rotatable bonds is 4. The van der Waals surface area contributed by atoms with Crippen LogP contribution in [0, 0.1) is 5.92 Å². The van der Waals surface area contributed by atoms with E-state index in [-0.39, 0.29) is 24.2 Å². The fourth-order valence-electron chi connectivity index (χ4n) is 4.15. The molecule has 3 aliphatic rings. The lowest BCUT2D eigenvalue weighted by Gasteiger charge is -2.51. The predicted octanol–water partition coefficient (Wildman–Crippen LogP) is 3.34. The summed E-state index contributed by atoms with van der Waals surface area (Å²) >= 11 is 0. The van der Waals surface area contributed by atoms with Crippen molar-refractivity contribution >= 4 is 17.8 Å². The predicted molar refractivity (Wildman–Crippen MR) is 119 cm³/mol. The summed E-state index contributed by atoms with van der Waals surface area (Å²) in [6.45, 7) is 6.42. The fourth-order valence-corrected chi connectivity index (χ4v) is 4.15. The van der Waals surface area contributed by atoms with Gasteiger partial charge in [-0.05, 0) is 56.2 Å². The number of carbonyl (C=O) groups is 3. The van der Waals surface area contributed by atoms with Gasteiger partial charge in [0, 0.05) is 38.6 Å². The lowest BCUT2D eigenvalue weighted by Crippen LogP contribution is -2.64. The van der Waals surface area contributed by atoms with Crippen molar-refractivity contribution in [2.75, 3.05) is 26.2 Å². The van der Waals surface area contributed by atoms with E-state index in [9.17, 15) is 31.1 Å². The smallest absolute Gasteiger partial charge is 0.475 e. The molecule has 38 heavy (non-hydrogen) atoms. The van der Waals surface area contributed by atoms with E-state index in [0.717, 1.165) is 44.9 Å². The molecule has 2 saturated heterocycles. The molecule has 1 aromatic heterocycles. The normalized spacial score (nSPS) is 21.6. The molecule has 1 aromatic rings. The highest BCUT2D eigenvalue weighted by Gasteiger charge is 2.48. The first kappa shape index (κ1) is 31.3. The number of likely N-dealkylation sites (tertiary alicyclic amines) is 1. The molecule has 3 fully saturated rings. The van der Waals surface area contributed by atoms with Crippen molar-refractivity contribution in [2.45, 2.75) is 63.1 Å². The summed E-state index contributed by atoms with van der Waals surface area (Å²) in [6, 6.07) is 4.36. The van der Waals surface area contributed by atoms with Gasteiger partial charge in [0.15, 0.2) is 0 Å². The largest absolute Gasteiger partial charge is 0.490 e. The van der Waals surface area contributed by atoms with Gasteiger partial charge in [-0.3, -0.25) is 14.7 Å². The average Bonchev–Trinajstić information content (AvgIpc) is 3.65. The second-order valence-corrected chi connectivity index (χ2v) is 9.26. The summed E-state index contributed by atoms with van der Waals surface area (Å²) < 4.78 is 69.6. The molecule has 1 aliphatic carbocycles. The van der Waals surface area contributed by atoms with Crippen LogP contribution in [-0.2, 0) is 25.7 Å². The number of carboxylic acids is 2. The molecular formula is C23H29F6N3O6. The van der Waals surface area contributed by atoms with Crippen LogP contribution in [0.5, 0.6) is 0 Å². The maximum atomic E-state index is 12.3. The Kier molecular flexibility index (Phi) is 10.5. The summed E-state index contributed by atoms with van der Waals surface area (Å²) in [5.41, 5.74) is 1.17. The third-order valence-electron chi connectivity index (χ3n) is 6.53. The van der Waals surface area contributed by atoms with Gasteiger partial charge >= 0.3 is 24.3 Å². The molecule has 1 saturated carbocycles. The van der Waals surface area contributed by atoms with Crippen molar-refractivity contribution in [3.8, 4) is 0 Å². The van der Waals surface area contributed by atoms with E-state index in [4.69, 9.17) is 24.5 Å². The zero-order chi connectivity index (χ0) is 28.7. The standard InChI is InChI=1S/C19H27N3O2.2C2HF3O2/c1-15-19(24-14-18(23)22(15)13-16-2-3-16)6-10-21(11-7-19)12-17-4-8-20-9-5-17;2*3-2(4,5)1(6)7/h4-5,8-9,15-16H,2-3,6-7,10-14H2,1H3;2*(H,6,7). The van der Waals surface area contributed by atoms with Crippen LogP contribution in [0.2, 0.25) is 0 Å². The van der Waals surface area contributed by atoms with Crippen molar-refractivity contribution in [1.82, 2.24) is 14.8 Å². The number of carbonyl (C=O) groups excluding carboxylic acids is 1. The van der Waals surface area contributed by atoms with Crippen molar-refractivity contribution in [3.05, 3.63) is 30.1 Å². The number of aliphatic carboxylic acids is 2. The Morgan fingerprint density at radius 2 is 1.50 bits per heavy atom. The molecule has 0 aromatic carbocycles. The number of carboxylic acid groups (broad SMARTS) is 2. The number of alkyl halides is 6. The van der Waals surface area contributed by atoms with Gasteiger partial charge < -0.3 is 19.8 Å². The van der Waals surface area contributed by atoms with Gasteiger partial charge in [0.25, 0.3) is 0 Å². The summed E-state index contributed by atoms with van der Waals surface area (Å²) in [5.74, 6) is -4.60. The van der Waals surface area contributed by atoms with Crippen LogP contribution < -0.4 is 0 Å². The summed E-state index contributed by atoms with van der Waals surface area (Å²) in [4.78, 5) is 38.8. The Labute approximate surface area is 214 Å². The second-order valence-electron chi connectivity index (χ2n) is 9.26. The Morgan fingerprint density at radius 3 is 1.92 bits per heavy atom. The fraction of sp³-hybridized carbons (Fsp3) is 0.652. The highest BCUT2D eigenvalue weighted by molar-refractivity contribution is 5.79. The maximum absolute atomic E-state index is 12.3. The number of aromatic nitrogens is 1. The Bertz CT molecular complexity index is 923. The minimum Gasteiger partial charge on any atom is -0.475 e. The Morgan fingerprint density at radius 1 is 1.03 bits per heavy atom. The van der Waals surface area contributed by atoms with Crippen molar-refractivity contribution < 1.29 is 55.7 Å². The van der Waals surface area contributed by atoms with Gasteiger partial charge in [-0.25, -0.2) is 9.59 Å². The van der Waals surface area contributed by atoms with E-state index >= 15 is 0 Å². The average molecular weight is 557 g/mol. The Hall–Kier alpha value is -2.94. The second kappa shape index (κ2) is 12.7. The monoisotopic (exact) mass is 557 g/mol. The Balaban J connectivity index is 0.000000301. The van der Waals surface area contributed by atoms with Gasteiger partial charge in [0.2, 0.25) is 5.91 Å². The topological polar surface area (TPSA) is 120 Å². The third kappa shape index (κ3) is 9.42. The van der Waals surface area contributed by atoms with E-state index in [1.54, 1.807) is 0 Å². The molecule has 9 nitrogen and oxygen atoms in total. The number of pyridine rings is 1. The minimum atomic E-state index is -5.08.